The molecule has 28 heavy (non-hydrogen) atoms. The minimum atomic E-state index is -0.377. The van der Waals surface area contributed by atoms with E-state index < -0.39 is 0 Å². The highest BCUT2D eigenvalue weighted by molar-refractivity contribution is 5.71. The second-order valence-electron chi connectivity index (χ2n) is 8.09. The molecule has 0 radical (unpaired) electrons. The molecule has 1 fully saturated rings. The molecular weight excluding hydrogens is 354 g/mol. The monoisotopic (exact) mass is 383 g/mol. The number of nitrogens with zero attached hydrogens (tertiary/aromatic N) is 4. The van der Waals surface area contributed by atoms with Crippen molar-refractivity contribution in [1.82, 2.24) is 14.8 Å². The summed E-state index contributed by atoms with van der Waals surface area (Å²) in [5, 5.41) is 14.9. The number of benzene rings is 1. The Morgan fingerprint density at radius 3 is 2.43 bits per heavy atom. The van der Waals surface area contributed by atoms with Crippen molar-refractivity contribution in [2.45, 2.75) is 25.8 Å². The highest BCUT2D eigenvalue weighted by atomic mass is 16.6. The van der Waals surface area contributed by atoms with Gasteiger partial charge in [-0.1, -0.05) is 30.3 Å². The normalized spacial score (nSPS) is 16.1. The summed E-state index contributed by atoms with van der Waals surface area (Å²) < 4.78 is 0. The standard InChI is InChI=1S/C21H29N5O2/c1-21(2,11-12-25-15-13-24(3)14-16-25)23-19-10-9-18(26(27)28)20(22-19)17-7-5-4-6-8-17/h4-10H,11-16H2,1-3H3,(H,22,23). The lowest BCUT2D eigenvalue weighted by molar-refractivity contribution is -0.384. The maximum atomic E-state index is 11.4. The van der Waals surface area contributed by atoms with Crippen LogP contribution in [-0.4, -0.2) is 65.0 Å². The van der Waals surface area contributed by atoms with Crippen LogP contribution in [0.4, 0.5) is 11.5 Å². The number of pyridine rings is 1. The Hall–Kier alpha value is -2.51. The summed E-state index contributed by atoms with van der Waals surface area (Å²) in [6.45, 7) is 9.73. The molecule has 0 aliphatic carbocycles. The van der Waals surface area contributed by atoms with Gasteiger partial charge in [0.1, 0.15) is 5.82 Å². The lowest BCUT2D eigenvalue weighted by atomic mass is 10.00. The summed E-state index contributed by atoms with van der Waals surface area (Å²) in [5.74, 6) is 0.660. The van der Waals surface area contributed by atoms with Crippen LogP contribution in [0.2, 0.25) is 0 Å². The van der Waals surface area contributed by atoms with E-state index in [2.05, 4.69) is 41.0 Å². The van der Waals surface area contributed by atoms with Crippen molar-refractivity contribution in [1.29, 1.82) is 0 Å². The van der Waals surface area contributed by atoms with Crippen molar-refractivity contribution in [3.63, 3.8) is 0 Å². The van der Waals surface area contributed by atoms with E-state index in [1.807, 2.05) is 30.3 Å². The molecule has 7 heteroatoms. The summed E-state index contributed by atoms with van der Waals surface area (Å²) in [6, 6.07) is 12.5. The van der Waals surface area contributed by atoms with E-state index in [0.29, 0.717) is 11.5 Å². The van der Waals surface area contributed by atoms with Crippen LogP contribution in [0.1, 0.15) is 20.3 Å². The fourth-order valence-electron chi connectivity index (χ4n) is 3.40. The first-order valence-corrected chi connectivity index (χ1v) is 9.74. The van der Waals surface area contributed by atoms with Gasteiger partial charge < -0.3 is 15.1 Å². The number of hydrogen-bond acceptors (Lipinski definition) is 6. The summed E-state index contributed by atoms with van der Waals surface area (Å²) >= 11 is 0. The van der Waals surface area contributed by atoms with Gasteiger partial charge in [-0.2, -0.15) is 0 Å². The molecule has 2 aromatic rings. The first-order valence-electron chi connectivity index (χ1n) is 9.74. The van der Waals surface area contributed by atoms with Gasteiger partial charge in [-0.25, -0.2) is 4.98 Å². The summed E-state index contributed by atoms with van der Waals surface area (Å²) in [6.07, 6.45) is 0.968. The second-order valence-corrected chi connectivity index (χ2v) is 8.09. The highest BCUT2D eigenvalue weighted by Crippen LogP contribution is 2.30. The molecule has 0 atom stereocenters. The molecule has 1 N–H and O–H groups in total. The molecule has 3 rings (SSSR count). The number of hydrogen-bond donors (Lipinski definition) is 1. The summed E-state index contributed by atoms with van der Waals surface area (Å²) in [7, 11) is 2.16. The van der Waals surface area contributed by atoms with Crippen molar-refractivity contribution >= 4 is 11.5 Å². The zero-order valence-electron chi connectivity index (χ0n) is 16.9. The highest BCUT2D eigenvalue weighted by Gasteiger charge is 2.23. The second kappa shape index (κ2) is 8.67. The molecule has 1 saturated heterocycles. The van der Waals surface area contributed by atoms with E-state index in [9.17, 15) is 10.1 Å². The largest absolute Gasteiger partial charge is 0.365 e. The van der Waals surface area contributed by atoms with Gasteiger partial charge >= 0.3 is 0 Å². The smallest absolute Gasteiger partial charge is 0.295 e. The Morgan fingerprint density at radius 1 is 1.11 bits per heavy atom. The quantitative estimate of drug-likeness (QED) is 0.583. The Labute approximate surface area is 166 Å². The third kappa shape index (κ3) is 5.27. The van der Waals surface area contributed by atoms with Crippen LogP contribution in [0.5, 0.6) is 0 Å². The molecular formula is C21H29N5O2. The third-order valence-electron chi connectivity index (χ3n) is 5.23. The number of piperazine rings is 1. The molecule has 0 amide bonds. The van der Waals surface area contributed by atoms with Crippen LogP contribution in [0.25, 0.3) is 11.3 Å². The van der Waals surface area contributed by atoms with Crippen molar-refractivity contribution in [3.8, 4) is 11.3 Å². The minimum Gasteiger partial charge on any atom is -0.365 e. The van der Waals surface area contributed by atoms with Gasteiger partial charge in [-0.05, 0) is 33.4 Å². The van der Waals surface area contributed by atoms with Crippen LogP contribution in [0.15, 0.2) is 42.5 Å². The van der Waals surface area contributed by atoms with E-state index in [-0.39, 0.29) is 16.1 Å². The van der Waals surface area contributed by atoms with Gasteiger partial charge in [0.15, 0.2) is 5.69 Å². The molecule has 1 aromatic carbocycles. The van der Waals surface area contributed by atoms with Crippen LogP contribution in [0, 0.1) is 10.1 Å². The van der Waals surface area contributed by atoms with E-state index in [4.69, 9.17) is 0 Å². The van der Waals surface area contributed by atoms with E-state index in [0.717, 1.165) is 44.7 Å². The SMILES string of the molecule is CN1CCN(CCC(C)(C)Nc2ccc([N+](=O)[O-])c(-c3ccccc3)n2)CC1. The number of rotatable bonds is 7. The van der Waals surface area contributed by atoms with E-state index in [1.165, 1.54) is 6.07 Å². The van der Waals surface area contributed by atoms with Crippen LogP contribution >= 0.6 is 0 Å². The third-order valence-corrected chi connectivity index (χ3v) is 5.23. The van der Waals surface area contributed by atoms with Crippen molar-refractivity contribution in [3.05, 3.63) is 52.6 Å². The van der Waals surface area contributed by atoms with Crippen LogP contribution in [0.3, 0.4) is 0 Å². The molecule has 2 heterocycles. The number of likely N-dealkylation sites (N-methyl/N-ethyl adjacent to an activating group) is 1. The lowest BCUT2D eigenvalue weighted by Gasteiger charge is -2.35. The molecule has 7 nitrogen and oxygen atoms in total. The summed E-state index contributed by atoms with van der Waals surface area (Å²) in [4.78, 5) is 20.5. The van der Waals surface area contributed by atoms with E-state index >= 15 is 0 Å². The van der Waals surface area contributed by atoms with Gasteiger partial charge in [0, 0.05) is 49.9 Å². The molecule has 150 valence electrons. The maximum Gasteiger partial charge on any atom is 0.295 e. The molecule has 0 spiro atoms. The zero-order valence-corrected chi connectivity index (χ0v) is 16.9. The Kier molecular flexibility index (Phi) is 6.26. The zero-order chi connectivity index (χ0) is 20.1. The van der Waals surface area contributed by atoms with Crippen molar-refractivity contribution in [2.75, 3.05) is 45.1 Å². The molecule has 1 aliphatic heterocycles. The molecule has 0 unspecified atom stereocenters. The number of aromatic nitrogens is 1. The Balaban J connectivity index is 1.71. The number of anilines is 1. The van der Waals surface area contributed by atoms with Crippen molar-refractivity contribution in [2.24, 2.45) is 0 Å². The number of nitro groups is 1. The van der Waals surface area contributed by atoms with Gasteiger partial charge in [0.2, 0.25) is 0 Å². The molecule has 0 bridgehead atoms. The van der Waals surface area contributed by atoms with Crippen molar-refractivity contribution < 1.29 is 4.92 Å². The fourth-order valence-corrected chi connectivity index (χ4v) is 3.40. The van der Waals surface area contributed by atoms with Gasteiger partial charge in [0.25, 0.3) is 5.69 Å². The van der Waals surface area contributed by atoms with Crippen LogP contribution in [-0.2, 0) is 0 Å². The molecule has 1 aromatic heterocycles. The van der Waals surface area contributed by atoms with Gasteiger partial charge in [-0.3, -0.25) is 10.1 Å². The summed E-state index contributed by atoms with van der Waals surface area (Å²) in [5.41, 5.74) is 0.992. The average molecular weight is 383 g/mol. The first kappa shape index (κ1) is 20.2. The first-order chi connectivity index (χ1) is 13.3. The van der Waals surface area contributed by atoms with Crippen LogP contribution < -0.4 is 5.32 Å². The Bertz CT molecular complexity index is 802. The van der Waals surface area contributed by atoms with E-state index in [1.54, 1.807) is 6.07 Å². The fraction of sp³-hybridized carbons (Fsp3) is 0.476. The van der Waals surface area contributed by atoms with Gasteiger partial charge in [0.05, 0.1) is 4.92 Å². The minimum absolute atomic E-state index is 0.0204. The maximum absolute atomic E-state index is 11.4. The van der Waals surface area contributed by atoms with Gasteiger partial charge in [-0.15, -0.1) is 0 Å². The predicted octanol–water partition coefficient (Wildman–Crippen LogP) is 3.48. The molecule has 1 aliphatic rings. The lowest BCUT2D eigenvalue weighted by Crippen LogP contribution is -2.46. The average Bonchev–Trinajstić information content (AvgIpc) is 2.68. The predicted molar refractivity (Wildman–Crippen MR) is 113 cm³/mol. The Morgan fingerprint density at radius 2 is 1.79 bits per heavy atom. The molecule has 0 saturated carbocycles. The topological polar surface area (TPSA) is 74.5 Å². The number of nitrogens with one attached hydrogen (secondary N) is 1.